The third kappa shape index (κ3) is 11.5. The maximum Gasteiger partial charge on any atom is 0.309 e. The van der Waals surface area contributed by atoms with Crippen LogP contribution in [-0.4, -0.2) is 48.2 Å². The molecule has 7 nitrogen and oxygen atoms in total. The van der Waals surface area contributed by atoms with Crippen molar-refractivity contribution in [1.82, 2.24) is 10.6 Å². The van der Waals surface area contributed by atoms with Gasteiger partial charge in [-0.25, -0.2) is 0 Å². The molecule has 1 saturated carbocycles. The minimum absolute atomic E-state index is 0.0244. The molecule has 2 atom stereocenters. The lowest BCUT2D eigenvalue weighted by Gasteiger charge is -2.12. The number of esters is 1. The highest BCUT2D eigenvalue weighted by Crippen LogP contribution is 2.25. The monoisotopic (exact) mass is 358 g/mol. The third-order valence-corrected chi connectivity index (χ3v) is 4.22. The molecule has 1 aliphatic rings. The lowest BCUT2D eigenvalue weighted by molar-refractivity contribution is -0.152. The van der Waals surface area contributed by atoms with E-state index in [0.717, 1.165) is 38.5 Å². The summed E-state index contributed by atoms with van der Waals surface area (Å²) in [6, 6.07) is 0.308. The number of carbonyl (C=O) groups excluding carboxylic acids is 3. The summed E-state index contributed by atoms with van der Waals surface area (Å²) in [7, 11) is 0. The fourth-order valence-electron chi connectivity index (χ4n) is 2.26. The van der Waals surface area contributed by atoms with Crippen molar-refractivity contribution in [2.24, 2.45) is 5.92 Å². The summed E-state index contributed by atoms with van der Waals surface area (Å²) in [5, 5.41) is 13.6. The first-order valence-electron chi connectivity index (χ1n) is 9.20. The second-order valence-corrected chi connectivity index (χ2v) is 6.50. The van der Waals surface area contributed by atoms with Gasteiger partial charge in [0.1, 0.15) is 6.61 Å². The Hall–Kier alpha value is -1.63. The van der Waals surface area contributed by atoms with E-state index < -0.39 is 6.61 Å². The van der Waals surface area contributed by atoms with E-state index in [1.165, 1.54) is 0 Å². The van der Waals surface area contributed by atoms with Gasteiger partial charge < -0.3 is 20.5 Å². The van der Waals surface area contributed by atoms with Crippen molar-refractivity contribution < 1.29 is 24.2 Å². The van der Waals surface area contributed by atoms with Crippen LogP contribution in [0.2, 0.25) is 0 Å². The minimum Gasteiger partial charge on any atom is -0.455 e. The molecule has 7 heteroatoms. The Morgan fingerprint density at radius 3 is 1.92 bits per heavy atom. The number of carbonyl (C=O) groups is 3. The van der Waals surface area contributed by atoms with Crippen molar-refractivity contribution in [3.05, 3.63) is 0 Å². The van der Waals surface area contributed by atoms with Crippen LogP contribution in [0, 0.1) is 5.92 Å². The molecule has 0 aromatic carbocycles. The van der Waals surface area contributed by atoms with Gasteiger partial charge >= 0.3 is 5.97 Å². The summed E-state index contributed by atoms with van der Waals surface area (Å²) < 4.78 is 4.98. The summed E-state index contributed by atoms with van der Waals surface area (Å²) >= 11 is 0. The predicted molar refractivity (Wildman–Crippen MR) is 95.8 cm³/mol. The number of hydrogen-bond donors (Lipinski definition) is 3. The lowest BCUT2D eigenvalue weighted by Crippen LogP contribution is -2.35. The molecular formula is C18H34N2O5. The first kappa shape index (κ1) is 23.4. The van der Waals surface area contributed by atoms with Gasteiger partial charge in [-0.2, -0.15) is 0 Å². The summed E-state index contributed by atoms with van der Waals surface area (Å²) in [5.41, 5.74) is 0. The molecule has 2 amide bonds. The topological polar surface area (TPSA) is 105 Å². The molecular weight excluding hydrogens is 324 g/mol. The number of aliphatic hydroxyl groups excluding tert-OH is 1. The number of rotatable bonds is 8. The number of amides is 2. The molecule has 0 radical (unpaired) electrons. The smallest absolute Gasteiger partial charge is 0.309 e. The van der Waals surface area contributed by atoms with Gasteiger partial charge in [0, 0.05) is 12.1 Å². The van der Waals surface area contributed by atoms with Crippen LogP contribution < -0.4 is 10.6 Å². The average molecular weight is 358 g/mol. The fraction of sp³-hybridized carbons (Fsp3) is 0.833. The quantitative estimate of drug-likeness (QED) is 0.571. The maximum absolute atomic E-state index is 11.5. The van der Waals surface area contributed by atoms with Gasteiger partial charge in [-0.3, -0.25) is 14.4 Å². The lowest BCUT2D eigenvalue weighted by atomic mass is 10.1. The molecule has 0 spiro atoms. The molecule has 0 saturated heterocycles. The molecule has 1 fully saturated rings. The van der Waals surface area contributed by atoms with Gasteiger partial charge in [0.15, 0.2) is 6.61 Å². The molecule has 0 bridgehead atoms. The van der Waals surface area contributed by atoms with E-state index in [1.54, 1.807) is 0 Å². The van der Waals surface area contributed by atoms with Crippen molar-refractivity contribution in [3.8, 4) is 0 Å². The Labute approximate surface area is 150 Å². The number of hydrogen-bond acceptors (Lipinski definition) is 5. The Bertz CT molecular complexity index is 408. The molecule has 0 aromatic heterocycles. The third-order valence-electron chi connectivity index (χ3n) is 4.22. The zero-order valence-corrected chi connectivity index (χ0v) is 16.0. The highest BCUT2D eigenvalue weighted by Gasteiger charge is 2.24. The van der Waals surface area contributed by atoms with Gasteiger partial charge in [-0.15, -0.1) is 0 Å². The van der Waals surface area contributed by atoms with E-state index in [2.05, 4.69) is 10.6 Å². The van der Waals surface area contributed by atoms with Crippen LogP contribution in [0.5, 0.6) is 0 Å². The molecule has 0 heterocycles. The van der Waals surface area contributed by atoms with Gasteiger partial charge in [-0.05, 0) is 39.5 Å². The fourth-order valence-corrected chi connectivity index (χ4v) is 2.26. The van der Waals surface area contributed by atoms with Crippen LogP contribution in [0.3, 0.4) is 0 Å². The Kier molecular flexibility index (Phi) is 12.7. The Morgan fingerprint density at radius 1 is 1.00 bits per heavy atom. The highest BCUT2D eigenvalue weighted by atomic mass is 16.5. The molecule has 0 aromatic rings. The molecule has 1 rings (SSSR count). The van der Waals surface area contributed by atoms with Crippen LogP contribution in [0.4, 0.5) is 0 Å². The van der Waals surface area contributed by atoms with Crippen molar-refractivity contribution in [2.75, 3.05) is 13.2 Å². The summed E-state index contributed by atoms with van der Waals surface area (Å²) in [6.07, 6.45) is 5.78. The van der Waals surface area contributed by atoms with Crippen molar-refractivity contribution in [1.29, 1.82) is 0 Å². The van der Waals surface area contributed by atoms with E-state index >= 15 is 0 Å². The van der Waals surface area contributed by atoms with E-state index in [4.69, 9.17) is 9.84 Å². The molecule has 0 aliphatic heterocycles. The van der Waals surface area contributed by atoms with Crippen LogP contribution in [0.15, 0.2) is 0 Å². The van der Waals surface area contributed by atoms with E-state index in [0.29, 0.717) is 0 Å². The zero-order valence-electron chi connectivity index (χ0n) is 16.0. The summed E-state index contributed by atoms with van der Waals surface area (Å²) in [4.78, 5) is 33.3. The van der Waals surface area contributed by atoms with Crippen molar-refractivity contribution >= 4 is 17.8 Å². The maximum atomic E-state index is 11.5. The van der Waals surface area contributed by atoms with Crippen LogP contribution in [0.1, 0.15) is 66.2 Å². The second-order valence-electron chi connectivity index (χ2n) is 6.50. The normalized spacial score (nSPS) is 16.2. The first-order valence-corrected chi connectivity index (χ1v) is 9.20. The largest absolute Gasteiger partial charge is 0.455 e. The molecule has 1 aliphatic carbocycles. The summed E-state index contributed by atoms with van der Waals surface area (Å²) in [6.45, 7) is 7.24. The molecule has 146 valence electrons. The van der Waals surface area contributed by atoms with E-state index in [1.807, 2.05) is 27.7 Å². The molecule has 0 unspecified atom stereocenters. The molecule has 25 heavy (non-hydrogen) atoms. The second kappa shape index (κ2) is 13.6. The van der Waals surface area contributed by atoms with Gasteiger partial charge in [-0.1, -0.05) is 26.7 Å². The Balaban J connectivity index is 0.000000547. The average Bonchev–Trinajstić information content (AvgIpc) is 3.14. The number of nitrogens with one attached hydrogen (secondary N) is 2. The highest BCUT2D eigenvalue weighted by molar-refractivity contribution is 5.81. The SMILES string of the molecule is CC[C@H](C)NC(=O)CO.CC[C@H](C)NC(=O)COC(=O)C1CCCC1. The predicted octanol–water partition coefficient (Wildman–Crippen LogP) is 1.53. The van der Waals surface area contributed by atoms with Crippen LogP contribution >= 0.6 is 0 Å². The number of aliphatic hydroxyl groups is 1. The Morgan fingerprint density at radius 2 is 1.48 bits per heavy atom. The van der Waals surface area contributed by atoms with Crippen LogP contribution in [0.25, 0.3) is 0 Å². The minimum atomic E-state index is -0.412. The van der Waals surface area contributed by atoms with Gasteiger partial charge in [0.05, 0.1) is 5.92 Å². The van der Waals surface area contributed by atoms with Gasteiger partial charge in [0.25, 0.3) is 5.91 Å². The van der Waals surface area contributed by atoms with E-state index in [-0.39, 0.29) is 42.4 Å². The molecule has 3 N–H and O–H groups in total. The zero-order chi connectivity index (χ0) is 19.2. The van der Waals surface area contributed by atoms with Crippen molar-refractivity contribution in [3.63, 3.8) is 0 Å². The standard InChI is InChI=1S/C12H21NO3.C6H13NO2/c1-3-9(2)13-11(14)8-16-12(15)10-6-4-5-7-10;1-3-5(2)7-6(9)4-8/h9-10H,3-8H2,1-2H3,(H,13,14);5,8H,3-4H2,1-2H3,(H,7,9)/t9-;5-/m00/s1. The summed E-state index contributed by atoms with van der Waals surface area (Å²) in [5.74, 6) is -0.696. The van der Waals surface area contributed by atoms with Gasteiger partial charge in [0.2, 0.25) is 5.91 Å². The first-order chi connectivity index (χ1) is 11.8. The number of ether oxygens (including phenoxy) is 1. The van der Waals surface area contributed by atoms with Crippen LogP contribution in [-0.2, 0) is 19.1 Å². The van der Waals surface area contributed by atoms with Crippen molar-refractivity contribution in [2.45, 2.75) is 78.3 Å². The van der Waals surface area contributed by atoms with E-state index in [9.17, 15) is 14.4 Å².